The maximum absolute atomic E-state index is 3.32. The van der Waals surface area contributed by atoms with E-state index in [4.69, 9.17) is 0 Å². The first-order valence-corrected chi connectivity index (χ1v) is 4.33. The first-order valence-electron chi connectivity index (χ1n) is 4.33. The molecule has 0 amide bonds. The summed E-state index contributed by atoms with van der Waals surface area (Å²) in [7, 11) is 0. The van der Waals surface area contributed by atoms with Crippen LogP contribution < -0.4 is 5.32 Å². The zero-order chi connectivity index (χ0) is 6.97. The maximum Gasteiger partial charge on any atom is 0.00255 e. The molecule has 0 unspecified atom stereocenters. The summed E-state index contributed by atoms with van der Waals surface area (Å²) < 4.78 is 0. The molecule has 0 aromatic carbocycles. The number of rotatable bonds is 2. The van der Waals surface area contributed by atoms with E-state index in [1.165, 1.54) is 32.7 Å². The van der Waals surface area contributed by atoms with Crippen LogP contribution in [0, 0.1) is 11.8 Å². The second-order valence-electron chi connectivity index (χ2n) is 3.53. The molecule has 2 heteroatoms. The molecule has 0 saturated carbocycles. The maximum atomic E-state index is 3.32. The molecule has 10 heavy (non-hydrogen) atoms. The first-order chi connectivity index (χ1) is 4.90. The fourth-order valence-electron chi connectivity index (χ4n) is 1.81. The lowest BCUT2D eigenvalue weighted by Gasteiger charge is -2.46. The Kier molecular flexibility index (Phi) is 1.66. The molecule has 58 valence electrons. The van der Waals surface area contributed by atoms with Crippen LogP contribution in [0.5, 0.6) is 0 Å². The molecule has 0 aromatic heterocycles. The largest absolute Gasteiger partial charge is 0.316 e. The summed E-state index contributed by atoms with van der Waals surface area (Å²) in [6.07, 6.45) is 0. The molecule has 2 fully saturated rings. The van der Waals surface area contributed by atoms with Crippen LogP contribution in [0.4, 0.5) is 0 Å². The third-order valence-electron chi connectivity index (χ3n) is 2.91. The van der Waals surface area contributed by atoms with Crippen molar-refractivity contribution in [2.24, 2.45) is 11.8 Å². The molecule has 0 aliphatic carbocycles. The van der Waals surface area contributed by atoms with Crippen LogP contribution >= 0.6 is 0 Å². The molecule has 0 aromatic rings. The quantitative estimate of drug-likeness (QED) is 0.587. The van der Waals surface area contributed by atoms with Crippen molar-refractivity contribution < 1.29 is 0 Å². The molecule has 2 rings (SSSR count). The van der Waals surface area contributed by atoms with Gasteiger partial charge in [0.2, 0.25) is 0 Å². The molecular formula is C8H16N2. The minimum atomic E-state index is 1.02. The normalized spacial score (nSPS) is 29.7. The van der Waals surface area contributed by atoms with E-state index in [2.05, 4.69) is 17.1 Å². The number of likely N-dealkylation sites (tertiary alicyclic amines) is 1. The topological polar surface area (TPSA) is 15.3 Å². The Morgan fingerprint density at radius 1 is 1.30 bits per heavy atom. The van der Waals surface area contributed by atoms with Gasteiger partial charge in [-0.1, -0.05) is 6.92 Å². The Balaban J connectivity index is 1.69. The van der Waals surface area contributed by atoms with Gasteiger partial charge in [0.1, 0.15) is 0 Å². The van der Waals surface area contributed by atoms with Gasteiger partial charge in [-0.3, -0.25) is 0 Å². The SMILES string of the molecule is CCN1CC(C2CNC2)C1. The van der Waals surface area contributed by atoms with Crippen LogP contribution in [0.15, 0.2) is 0 Å². The van der Waals surface area contributed by atoms with Gasteiger partial charge in [0.05, 0.1) is 0 Å². The third-order valence-corrected chi connectivity index (χ3v) is 2.91. The van der Waals surface area contributed by atoms with E-state index in [9.17, 15) is 0 Å². The van der Waals surface area contributed by atoms with Gasteiger partial charge >= 0.3 is 0 Å². The van der Waals surface area contributed by atoms with Gasteiger partial charge in [-0.05, 0) is 31.5 Å². The Morgan fingerprint density at radius 3 is 2.40 bits per heavy atom. The Bertz CT molecular complexity index is 114. The van der Waals surface area contributed by atoms with E-state index >= 15 is 0 Å². The van der Waals surface area contributed by atoms with Crippen molar-refractivity contribution >= 4 is 0 Å². The van der Waals surface area contributed by atoms with Crippen molar-refractivity contribution in [3.63, 3.8) is 0 Å². The fourth-order valence-corrected chi connectivity index (χ4v) is 1.81. The highest BCUT2D eigenvalue weighted by molar-refractivity contribution is 4.90. The average molecular weight is 140 g/mol. The second kappa shape index (κ2) is 2.51. The van der Waals surface area contributed by atoms with Crippen LogP contribution in [0.2, 0.25) is 0 Å². The lowest BCUT2D eigenvalue weighted by molar-refractivity contribution is 0.0416. The summed E-state index contributed by atoms with van der Waals surface area (Å²) >= 11 is 0. The highest BCUT2D eigenvalue weighted by Crippen LogP contribution is 2.25. The van der Waals surface area contributed by atoms with E-state index in [-0.39, 0.29) is 0 Å². The molecule has 2 nitrogen and oxygen atoms in total. The van der Waals surface area contributed by atoms with Crippen molar-refractivity contribution in [1.82, 2.24) is 10.2 Å². The fraction of sp³-hybridized carbons (Fsp3) is 1.00. The second-order valence-corrected chi connectivity index (χ2v) is 3.53. The molecule has 2 heterocycles. The molecule has 0 spiro atoms. The number of hydrogen-bond donors (Lipinski definition) is 1. The summed E-state index contributed by atoms with van der Waals surface area (Å²) in [4.78, 5) is 2.52. The minimum absolute atomic E-state index is 1.02. The summed E-state index contributed by atoms with van der Waals surface area (Å²) in [5, 5.41) is 3.32. The van der Waals surface area contributed by atoms with Gasteiger partial charge in [0, 0.05) is 13.1 Å². The van der Waals surface area contributed by atoms with Gasteiger partial charge in [0.25, 0.3) is 0 Å². The van der Waals surface area contributed by atoms with Crippen molar-refractivity contribution in [1.29, 1.82) is 0 Å². The Labute approximate surface area is 62.6 Å². The molecule has 2 aliphatic rings. The molecule has 2 saturated heterocycles. The van der Waals surface area contributed by atoms with Crippen LogP contribution in [0.3, 0.4) is 0 Å². The van der Waals surface area contributed by atoms with Crippen molar-refractivity contribution in [2.75, 3.05) is 32.7 Å². The molecular weight excluding hydrogens is 124 g/mol. The molecule has 0 radical (unpaired) electrons. The zero-order valence-corrected chi connectivity index (χ0v) is 6.64. The van der Waals surface area contributed by atoms with Gasteiger partial charge in [-0.2, -0.15) is 0 Å². The van der Waals surface area contributed by atoms with Crippen LogP contribution in [0.1, 0.15) is 6.92 Å². The lowest BCUT2D eigenvalue weighted by atomic mass is 9.82. The van der Waals surface area contributed by atoms with Gasteiger partial charge in [-0.15, -0.1) is 0 Å². The van der Waals surface area contributed by atoms with E-state index in [0.717, 1.165) is 11.8 Å². The first kappa shape index (κ1) is 6.62. The van der Waals surface area contributed by atoms with Crippen LogP contribution in [-0.2, 0) is 0 Å². The summed E-state index contributed by atoms with van der Waals surface area (Å²) in [6.45, 7) is 8.78. The van der Waals surface area contributed by atoms with Crippen LogP contribution in [-0.4, -0.2) is 37.6 Å². The standard InChI is InChI=1S/C8H16N2/c1-2-10-5-8(6-10)7-3-9-4-7/h7-9H,2-6H2,1H3. The molecule has 0 bridgehead atoms. The third kappa shape index (κ3) is 0.956. The average Bonchev–Trinajstić information content (AvgIpc) is 1.72. The zero-order valence-electron chi connectivity index (χ0n) is 6.64. The van der Waals surface area contributed by atoms with E-state index < -0.39 is 0 Å². The number of nitrogens with one attached hydrogen (secondary N) is 1. The number of hydrogen-bond acceptors (Lipinski definition) is 2. The van der Waals surface area contributed by atoms with Gasteiger partial charge in [0.15, 0.2) is 0 Å². The number of nitrogens with zero attached hydrogens (tertiary/aromatic N) is 1. The predicted molar refractivity (Wildman–Crippen MR) is 42.0 cm³/mol. The highest BCUT2D eigenvalue weighted by Gasteiger charge is 2.34. The van der Waals surface area contributed by atoms with Crippen molar-refractivity contribution in [2.45, 2.75) is 6.92 Å². The van der Waals surface area contributed by atoms with Crippen LogP contribution in [0.25, 0.3) is 0 Å². The summed E-state index contributed by atoms with van der Waals surface area (Å²) in [5.41, 5.74) is 0. The summed E-state index contributed by atoms with van der Waals surface area (Å²) in [5.74, 6) is 2.05. The lowest BCUT2D eigenvalue weighted by Crippen LogP contribution is -2.58. The molecule has 1 N–H and O–H groups in total. The van der Waals surface area contributed by atoms with E-state index in [0.29, 0.717) is 0 Å². The molecule has 2 aliphatic heterocycles. The highest BCUT2D eigenvalue weighted by atomic mass is 15.2. The van der Waals surface area contributed by atoms with Crippen molar-refractivity contribution in [3.8, 4) is 0 Å². The van der Waals surface area contributed by atoms with Gasteiger partial charge < -0.3 is 10.2 Å². The Hall–Kier alpha value is -0.0800. The Morgan fingerprint density at radius 2 is 2.00 bits per heavy atom. The van der Waals surface area contributed by atoms with Crippen molar-refractivity contribution in [3.05, 3.63) is 0 Å². The smallest absolute Gasteiger partial charge is 0.00255 e. The van der Waals surface area contributed by atoms with E-state index in [1.807, 2.05) is 0 Å². The summed E-state index contributed by atoms with van der Waals surface area (Å²) in [6, 6.07) is 0. The molecule has 0 atom stereocenters. The van der Waals surface area contributed by atoms with E-state index in [1.54, 1.807) is 0 Å². The van der Waals surface area contributed by atoms with Gasteiger partial charge in [-0.25, -0.2) is 0 Å². The predicted octanol–water partition coefficient (Wildman–Crippen LogP) is 0.158. The monoisotopic (exact) mass is 140 g/mol. The minimum Gasteiger partial charge on any atom is -0.316 e.